The number of hydrogen-bond acceptors (Lipinski definition) is 2. The molecule has 0 fully saturated rings. The summed E-state index contributed by atoms with van der Waals surface area (Å²) < 4.78 is 0. The van der Waals surface area contributed by atoms with Gasteiger partial charge in [-0.05, 0) is 32.3 Å². The van der Waals surface area contributed by atoms with E-state index in [1.165, 1.54) is 18.6 Å². The Morgan fingerprint density at radius 1 is 1.29 bits per heavy atom. The largest absolute Gasteiger partial charge is 0.380 e. The minimum absolute atomic E-state index is 0. The van der Waals surface area contributed by atoms with Crippen LogP contribution in [0.4, 0.5) is 11.4 Å². The second kappa shape index (κ2) is 9.08. The van der Waals surface area contributed by atoms with E-state index in [1.54, 1.807) is 12.1 Å². The molecule has 0 spiro atoms. The van der Waals surface area contributed by atoms with Crippen molar-refractivity contribution in [1.82, 2.24) is 0 Å². The fraction of sp³-hybridized carbons (Fsp3) is 0.263. The van der Waals surface area contributed by atoms with Gasteiger partial charge in [0.25, 0.3) is 0 Å². The van der Waals surface area contributed by atoms with Gasteiger partial charge in [-0.2, -0.15) is 24.3 Å². The molecule has 2 rings (SSSR count). The first kappa shape index (κ1) is 20.5. The summed E-state index contributed by atoms with van der Waals surface area (Å²) in [5.74, 6) is -0.464. The molecular weight excluding hydrogens is 377 g/mol. The fourth-order valence-electron chi connectivity index (χ4n) is 2.09. The van der Waals surface area contributed by atoms with Gasteiger partial charge in [-0.3, -0.25) is 9.64 Å². The predicted octanol–water partition coefficient (Wildman–Crippen LogP) is 3.67. The molecule has 121 valence electrons. The van der Waals surface area contributed by atoms with Crippen LogP contribution in [0.5, 0.6) is 0 Å². The Morgan fingerprint density at radius 2 is 1.96 bits per heavy atom. The van der Waals surface area contributed by atoms with Crippen molar-refractivity contribution in [1.29, 1.82) is 0 Å². The van der Waals surface area contributed by atoms with Gasteiger partial charge in [-0.1, -0.05) is 35.5 Å². The molecule has 0 aliphatic carbocycles. The number of nitrogens with one attached hydrogen (secondary N) is 1. The molecule has 2 aromatic carbocycles. The van der Waals surface area contributed by atoms with E-state index < -0.39 is 11.5 Å². The van der Waals surface area contributed by atoms with E-state index in [0.29, 0.717) is 24.2 Å². The number of amides is 1. The van der Waals surface area contributed by atoms with E-state index in [0.717, 1.165) is 5.56 Å². The number of benzene rings is 2. The summed E-state index contributed by atoms with van der Waals surface area (Å²) in [5, 5.41) is 13.0. The molecule has 1 radical (unpaired) electrons. The third kappa shape index (κ3) is 5.83. The van der Waals surface area contributed by atoms with Gasteiger partial charge >= 0.3 is 0 Å². The Kier molecular flexibility index (Phi) is 7.76. The van der Waals surface area contributed by atoms with Crippen molar-refractivity contribution in [3.8, 4) is 0 Å². The molecule has 4 nitrogen and oxygen atoms in total. The van der Waals surface area contributed by atoms with Gasteiger partial charge < -0.3 is 10.4 Å². The normalized spacial score (nSPS) is 12.4. The molecule has 0 aliphatic rings. The molecule has 0 saturated heterocycles. The van der Waals surface area contributed by atoms with Gasteiger partial charge in [0.15, 0.2) is 0 Å². The van der Waals surface area contributed by atoms with E-state index >= 15 is 0 Å². The smallest absolute Gasteiger partial charge is 0.245 e. The summed E-state index contributed by atoms with van der Waals surface area (Å²) in [6, 6.07) is 15.5. The topological polar surface area (TPSA) is 53.7 Å². The van der Waals surface area contributed by atoms with E-state index in [1.807, 2.05) is 31.2 Å². The van der Waals surface area contributed by atoms with E-state index in [4.69, 9.17) is 6.57 Å². The van der Waals surface area contributed by atoms with Crippen molar-refractivity contribution >= 4 is 17.3 Å². The van der Waals surface area contributed by atoms with E-state index in [2.05, 4.69) is 16.2 Å². The minimum atomic E-state index is -1.47. The van der Waals surface area contributed by atoms with Crippen LogP contribution in [-0.2, 0) is 43.9 Å². The number of rotatable bonds is 5. The molecule has 1 amide bonds. The molecule has 0 aliphatic heterocycles. The van der Waals surface area contributed by atoms with E-state index in [9.17, 15) is 9.90 Å². The standard InChI is InChI=1S/C19H19N2O2.Y/c1-14-4-6-15(7-5-14)12-13-19(2,23)18(22)21-17-10-8-16(20-3)9-11-17;/h4-8,10-11,23H,12-13H2,1-2H3,(H,21,22);/q-1;/t19-;/m0./s1. The van der Waals surface area contributed by atoms with Crippen LogP contribution in [0.2, 0.25) is 0 Å². The molecule has 0 bridgehead atoms. The summed E-state index contributed by atoms with van der Waals surface area (Å²) in [5.41, 5.74) is 1.69. The van der Waals surface area contributed by atoms with Crippen LogP contribution in [-0.4, -0.2) is 16.6 Å². The first-order valence-electron chi connectivity index (χ1n) is 7.39. The molecule has 2 N–H and O–H groups in total. The number of carbonyl (C=O) groups is 1. The summed E-state index contributed by atoms with van der Waals surface area (Å²) in [6.07, 6.45) is 0.940. The van der Waals surface area contributed by atoms with Crippen LogP contribution < -0.4 is 5.32 Å². The van der Waals surface area contributed by atoms with Gasteiger partial charge in [0.05, 0.1) is 12.3 Å². The molecule has 0 heterocycles. The van der Waals surface area contributed by atoms with Gasteiger partial charge in [-0.25, -0.2) is 0 Å². The monoisotopic (exact) mass is 396 g/mol. The van der Waals surface area contributed by atoms with Crippen LogP contribution in [0.25, 0.3) is 4.85 Å². The quantitative estimate of drug-likeness (QED) is 0.758. The van der Waals surface area contributed by atoms with Gasteiger partial charge in [0, 0.05) is 32.7 Å². The predicted molar refractivity (Wildman–Crippen MR) is 90.3 cm³/mol. The van der Waals surface area contributed by atoms with Gasteiger partial charge in [0.2, 0.25) is 5.91 Å². The third-order valence-electron chi connectivity index (χ3n) is 3.68. The van der Waals surface area contributed by atoms with Crippen LogP contribution in [0.15, 0.2) is 42.5 Å². The second-order valence-electron chi connectivity index (χ2n) is 5.79. The SMILES string of the molecule is [C-]#[N+]c1[c-]cc(NC(=O)[C@@](C)(O)CCc2ccc(C)cc2)cc1.[Y]. The number of aliphatic hydroxyl groups is 1. The van der Waals surface area contributed by atoms with Crippen molar-refractivity contribution in [2.75, 3.05) is 5.32 Å². The third-order valence-corrected chi connectivity index (χ3v) is 3.68. The number of nitrogens with zero attached hydrogens (tertiary/aromatic N) is 1. The zero-order chi connectivity index (χ0) is 16.9. The molecule has 0 aromatic heterocycles. The zero-order valence-corrected chi connectivity index (χ0v) is 16.7. The zero-order valence-electron chi connectivity index (χ0n) is 13.8. The minimum Gasteiger partial charge on any atom is -0.380 e. The van der Waals surface area contributed by atoms with Crippen LogP contribution in [0, 0.1) is 19.6 Å². The Bertz CT molecular complexity index is 717. The van der Waals surface area contributed by atoms with Crippen molar-refractivity contribution in [2.24, 2.45) is 0 Å². The molecular formula is C19H19N2O2Y-. The molecule has 1 atom stereocenters. The Balaban J connectivity index is 0.00000288. The average Bonchev–Trinajstić information content (AvgIpc) is 2.55. The molecule has 2 aromatic rings. The second-order valence-corrected chi connectivity index (χ2v) is 5.79. The Labute approximate surface area is 168 Å². The molecule has 0 unspecified atom stereocenters. The molecule has 5 heteroatoms. The van der Waals surface area contributed by atoms with Crippen LogP contribution in [0.3, 0.4) is 0 Å². The van der Waals surface area contributed by atoms with Crippen LogP contribution in [0.1, 0.15) is 24.5 Å². The summed E-state index contributed by atoms with van der Waals surface area (Å²) in [4.78, 5) is 15.5. The van der Waals surface area contributed by atoms with Crippen LogP contribution >= 0.6 is 0 Å². The van der Waals surface area contributed by atoms with Crippen molar-refractivity contribution in [3.05, 3.63) is 71.1 Å². The first-order valence-corrected chi connectivity index (χ1v) is 7.39. The van der Waals surface area contributed by atoms with Gasteiger partial charge in [-0.15, -0.1) is 0 Å². The van der Waals surface area contributed by atoms with E-state index in [-0.39, 0.29) is 32.7 Å². The molecule has 0 saturated carbocycles. The van der Waals surface area contributed by atoms with Crippen molar-refractivity contribution < 1.29 is 42.6 Å². The summed E-state index contributed by atoms with van der Waals surface area (Å²) >= 11 is 0. The average molecular weight is 396 g/mol. The summed E-state index contributed by atoms with van der Waals surface area (Å²) in [6.45, 7) is 10.4. The maximum atomic E-state index is 12.2. The maximum Gasteiger partial charge on any atom is 0.245 e. The number of anilines is 1. The number of aryl methyl sites for hydroxylation is 2. The Morgan fingerprint density at radius 3 is 2.50 bits per heavy atom. The first-order chi connectivity index (χ1) is 10.9. The fourth-order valence-corrected chi connectivity index (χ4v) is 2.09. The van der Waals surface area contributed by atoms with Crippen molar-refractivity contribution in [2.45, 2.75) is 32.3 Å². The number of hydrogen-bond donors (Lipinski definition) is 2. The number of carbonyl (C=O) groups excluding carboxylic acids is 1. The Hall–Kier alpha value is -1.54. The van der Waals surface area contributed by atoms with Gasteiger partial charge in [0.1, 0.15) is 5.60 Å². The molecule has 24 heavy (non-hydrogen) atoms. The van der Waals surface area contributed by atoms with Crippen molar-refractivity contribution in [3.63, 3.8) is 0 Å². The summed E-state index contributed by atoms with van der Waals surface area (Å²) in [7, 11) is 0. The maximum absolute atomic E-state index is 12.2.